The molecule has 2 aliphatic rings. The topological polar surface area (TPSA) is 59.2 Å². The highest BCUT2D eigenvalue weighted by Gasteiger charge is 2.18. The Morgan fingerprint density at radius 1 is 1.04 bits per heavy atom. The third-order valence-electron chi connectivity index (χ3n) is 5.51. The molecule has 0 atom stereocenters. The fourth-order valence-electron chi connectivity index (χ4n) is 3.95. The minimum absolute atomic E-state index is 0.0550. The van der Waals surface area contributed by atoms with Crippen molar-refractivity contribution in [2.24, 2.45) is 7.05 Å². The van der Waals surface area contributed by atoms with E-state index in [0.717, 1.165) is 63.5 Å². The zero-order chi connectivity index (χ0) is 17.9. The molecule has 0 spiro atoms. The molecule has 0 radical (unpaired) electrons. The number of imidazole rings is 1. The number of aromatic nitrogens is 4. The van der Waals surface area contributed by atoms with E-state index >= 15 is 0 Å². The molecule has 1 fully saturated rings. The summed E-state index contributed by atoms with van der Waals surface area (Å²) in [5, 5.41) is 4.63. The lowest BCUT2D eigenvalue weighted by molar-refractivity contribution is 0.121. The first-order valence-electron chi connectivity index (χ1n) is 9.69. The maximum absolute atomic E-state index is 12.3. The van der Waals surface area contributed by atoms with E-state index in [9.17, 15) is 4.79 Å². The molecule has 0 N–H and O–H groups in total. The van der Waals surface area contributed by atoms with Gasteiger partial charge in [0.1, 0.15) is 0 Å². The maximum atomic E-state index is 12.3. The molecule has 0 amide bonds. The number of nitrogens with zero attached hydrogens (tertiary/aromatic N) is 6. The van der Waals surface area contributed by atoms with Gasteiger partial charge < -0.3 is 4.57 Å². The van der Waals surface area contributed by atoms with Crippen molar-refractivity contribution in [3.8, 4) is 0 Å². The van der Waals surface area contributed by atoms with Gasteiger partial charge in [-0.05, 0) is 31.2 Å². The molecule has 4 rings (SSSR count). The van der Waals surface area contributed by atoms with Gasteiger partial charge in [0.25, 0.3) is 5.56 Å². The second kappa shape index (κ2) is 7.72. The third kappa shape index (κ3) is 4.04. The van der Waals surface area contributed by atoms with E-state index in [1.807, 2.05) is 24.0 Å². The van der Waals surface area contributed by atoms with E-state index in [2.05, 4.69) is 26.1 Å². The van der Waals surface area contributed by atoms with Crippen LogP contribution in [0.5, 0.6) is 0 Å². The second-order valence-corrected chi connectivity index (χ2v) is 7.53. The van der Waals surface area contributed by atoms with E-state index in [-0.39, 0.29) is 5.56 Å². The van der Waals surface area contributed by atoms with Crippen molar-refractivity contribution in [2.75, 3.05) is 32.7 Å². The summed E-state index contributed by atoms with van der Waals surface area (Å²) in [6.07, 6.45) is 8.34. The lowest BCUT2D eigenvalue weighted by Gasteiger charge is -2.34. The Balaban J connectivity index is 1.28. The van der Waals surface area contributed by atoms with Gasteiger partial charge in [0.2, 0.25) is 0 Å². The van der Waals surface area contributed by atoms with E-state index in [1.54, 1.807) is 4.68 Å². The Morgan fingerprint density at radius 3 is 2.58 bits per heavy atom. The smallest absolute Gasteiger partial charge is 0.267 e. The highest BCUT2D eigenvalue weighted by atomic mass is 16.1. The molecule has 1 aliphatic carbocycles. The number of aryl methyl sites for hydroxylation is 3. The maximum Gasteiger partial charge on any atom is 0.267 e. The summed E-state index contributed by atoms with van der Waals surface area (Å²) in [7, 11) is 2.01. The molecule has 1 saturated heterocycles. The molecular formula is C19H28N6O. The van der Waals surface area contributed by atoms with Crippen molar-refractivity contribution in [3.05, 3.63) is 45.9 Å². The van der Waals surface area contributed by atoms with Gasteiger partial charge in [0.05, 0.1) is 24.3 Å². The van der Waals surface area contributed by atoms with Crippen LogP contribution in [0.3, 0.4) is 0 Å². The van der Waals surface area contributed by atoms with Crippen molar-refractivity contribution in [3.63, 3.8) is 0 Å². The quantitative estimate of drug-likeness (QED) is 0.788. The van der Waals surface area contributed by atoms with Gasteiger partial charge in [-0.2, -0.15) is 5.10 Å². The Bertz CT molecular complexity index is 803. The van der Waals surface area contributed by atoms with Gasteiger partial charge in [-0.25, -0.2) is 9.67 Å². The first kappa shape index (κ1) is 17.4. The standard InChI is InChI=1S/C19H28N6O/c1-22-13-17(20-15-22)14-24-8-6-23(7-9-24)10-11-25-19(26)12-16-4-2-3-5-18(16)21-25/h12-13,15H,2-11,14H2,1H3. The van der Waals surface area contributed by atoms with Crippen LogP contribution in [0.25, 0.3) is 0 Å². The van der Waals surface area contributed by atoms with Crippen LogP contribution in [0.15, 0.2) is 23.4 Å². The largest absolute Gasteiger partial charge is 0.340 e. The normalized spacial score (nSPS) is 18.8. The van der Waals surface area contributed by atoms with Crippen molar-refractivity contribution in [1.82, 2.24) is 29.1 Å². The van der Waals surface area contributed by atoms with Crippen LogP contribution in [0.2, 0.25) is 0 Å². The Hall–Kier alpha value is -1.99. The Labute approximate surface area is 154 Å². The third-order valence-corrected chi connectivity index (χ3v) is 5.51. The highest BCUT2D eigenvalue weighted by Crippen LogP contribution is 2.16. The minimum Gasteiger partial charge on any atom is -0.340 e. The van der Waals surface area contributed by atoms with Crippen LogP contribution in [0.4, 0.5) is 0 Å². The van der Waals surface area contributed by atoms with Crippen molar-refractivity contribution in [1.29, 1.82) is 0 Å². The number of hydrogen-bond donors (Lipinski definition) is 0. The van der Waals surface area contributed by atoms with Gasteiger partial charge in [-0.3, -0.25) is 14.6 Å². The lowest BCUT2D eigenvalue weighted by Crippen LogP contribution is -2.47. The molecule has 7 nitrogen and oxygen atoms in total. The van der Waals surface area contributed by atoms with Crippen LogP contribution in [0, 0.1) is 0 Å². The van der Waals surface area contributed by atoms with E-state index < -0.39 is 0 Å². The molecule has 1 aliphatic heterocycles. The minimum atomic E-state index is 0.0550. The second-order valence-electron chi connectivity index (χ2n) is 7.53. The average molecular weight is 356 g/mol. The predicted molar refractivity (Wildman–Crippen MR) is 100 cm³/mol. The molecule has 0 unspecified atom stereocenters. The number of rotatable bonds is 5. The summed E-state index contributed by atoms with van der Waals surface area (Å²) in [5.41, 5.74) is 3.49. The number of hydrogen-bond acceptors (Lipinski definition) is 5. The average Bonchev–Trinajstić information content (AvgIpc) is 3.06. The Kier molecular flexibility index (Phi) is 5.17. The van der Waals surface area contributed by atoms with Crippen LogP contribution < -0.4 is 5.56 Å². The van der Waals surface area contributed by atoms with Crippen LogP contribution in [-0.2, 0) is 33.0 Å². The first-order valence-corrected chi connectivity index (χ1v) is 9.69. The lowest BCUT2D eigenvalue weighted by atomic mass is 9.97. The zero-order valence-electron chi connectivity index (χ0n) is 15.6. The molecule has 26 heavy (non-hydrogen) atoms. The molecule has 140 valence electrons. The van der Waals surface area contributed by atoms with Gasteiger partial charge in [0.15, 0.2) is 0 Å². The van der Waals surface area contributed by atoms with Gasteiger partial charge >= 0.3 is 0 Å². The molecule has 3 heterocycles. The fourth-order valence-corrected chi connectivity index (χ4v) is 3.95. The molecule has 0 bridgehead atoms. The fraction of sp³-hybridized carbons (Fsp3) is 0.632. The number of fused-ring (bicyclic) bond motifs is 1. The van der Waals surface area contributed by atoms with E-state index in [1.165, 1.54) is 18.4 Å². The molecule has 7 heteroatoms. The predicted octanol–water partition coefficient (Wildman–Crippen LogP) is 0.673. The summed E-state index contributed by atoms with van der Waals surface area (Å²) in [4.78, 5) is 21.6. The molecule has 0 aromatic carbocycles. The molecule has 2 aromatic heterocycles. The van der Waals surface area contributed by atoms with Crippen molar-refractivity contribution in [2.45, 2.75) is 38.8 Å². The van der Waals surface area contributed by atoms with E-state index in [4.69, 9.17) is 0 Å². The monoisotopic (exact) mass is 356 g/mol. The highest BCUT2D eigenvalue weighted by molar-refractivity contribution is 5.20. The molecular weight excluding hydrogens is 328 g/mol. The molecule has 0 saturated carbocycles. The summed E-state index contributed by atoms with van der Waals surface area (Å²) in [5.74, 6) is 0. The van der Waals surface area contributed by atoms with Crippen LogP contribution >= 0.6 is 0 Å². The molecule has 2 aromatic rings. The van der Waals surface area contributed by atoms with Crippen LogP contribution in [-0.4, -0.2) is 61.9 Å². The summed E-state index contributed by atoms with van der Waals surface area (Å²) >= 11 is 0. The summed E-state index contributed by atoms with van der Waals surface area (Å²) in [6, 6.07) is 1.81. The van der Waals surface area contributed by atoms with Gasteiger partial charge in [-0.15, -0.1) is 0 Å². The number of piperazine rings is 1. The van der Waals surface area contributed by atoms with Crippen molar-refractivity contribution < 1.29 is 0 Å². The summed E-state index contributed by atoms with van der Waals surface area (Å²) < 4.78 is 3.67. The van der Waals surface area contributed by atoms with Gasteiger partial charge in [0, 0.05) is 58.6 Å². The van der Waals surface area contributed by atoms with Crippen LogP contribution in [0.1, 0.15) is 29.8 Å². The van der Waals surface area contributed by atoms with Crippen molar-refractivity contribution >= 4 is 0 Å². The van der Waals surface area contributed by atoms with E-state index in [0.29, 0.717) is 6.54 Å². The Morgan fingerprint density at radius 2 is 1.81 bits per heavy atom. The van der Waals surface area contributed by atoms with Gasteiger partial charge in [-0.1, -0.05) is 0 Å². The zero-order valence-corrected chi connectivity index (χ0v) is 15.6. The summed E-state index contributed by atoms with van der Waals surface area (Å²) in [6.45, 7) is 6.65. The SMILES string of the molecule is Cn1cnc(CN2CCN(CCn3nc4c(cc3=O)CCCC4)CC2)c1. The first-order chi connectivity index (χ1) is 12.7.